The highest BCUT2D eigenvalue weighted by Gasteiger charge is 2.17. The van der Waals surface area contributed by atoms with E-state index in [9.17, 15) is 0 Å². The van der Waals surface area contributed by atoms with Crippen LogP contribution in [0.4, 0.5) is 0 Å². The smallest absolute Gasteiger partial charge is 0.0329 e. The van der Waals surface area contributed by atoms with Crippen LogP contribution in [0, 0.1) is 0 Å². The summed E-state index contributed by atoms with van der Waals surface area (Å²) in [4.78, 5) is 0.434. The van der Waals surface area contributed by atoms with Crippen LogP contribution in [-0.4, -0.2) is 4.83 Å². The summed E-state index contributed by atoms with van der Waals surface area (Å²) in [5.74, 6) is 0. The predicted octanol–water partition coefficient (Wildman–Crippen LogP) is 5.95. The van der Waals surface area contributed by atoms with Crippen LogP contribution in [0.3, 0.4) is 0 Å². The van der Waals surface area contributed by atoms with Gasteiger partial charge in [-0.3, -0.25) is 0 Å². The second-order valence-corrected chi connectivity index (χ2v) is 7.11. The summed E-state index contributed by atoms with van der Waals surface area (Å²) in [6.45, 7) is 13.4. The first kappa shape index (κ1) is 15.5. The number of alkyl halides is 1. The van der Waals surface area contributed by atoms with Gasteiger partial charge in [0.05, 0.1) is 0 Å². The van der Waals surface area contributed by atoms with Gasteiger partial charge in [-0.1, -0.05) is 66.5 Å². The van der Waals surface area contributed by atoms with Gasteiger partial charge < -0.3 is 0 Å². The summed E-state index contributed by atoms with van der Waals surface area (Å²) in [7, 11) is 0. The summed E-state index contributed by atoms with van der Waals surface area (Å²) in [5, 5.41) is 0. The molecule has 0 N–H and O–H groups in total. The van der Waals surface area contributed by atoms with Crippen LogP contribution in [0.25, 0.3) is 5.57 Å². The van der Waals surface area contributed by atoms with Gasteiger partial charge in [0.2, 0.25) is 0 Å². The van der Waals surface area contributed by atoms with E-state index < -0.39 is 0 Å². The lowest BCUT2D eigenvalue weighted by molar-refractivity contribution is 0.506. The van der Waals surface area contributed by atoms with Crippen molar-refractivity contribution in [3.05, 3.63) is 41.0 Å². The average Bonchev–Trinajstić information content (AvgIpc) is 2.37. The van der Waals surface area contributed by atoms with E-state index in [4.69, 9.17) is 0 Å². The first-order valence-electron chi connectivity index (χ1n) is 6.72. The molecule has 0 bridgehead atoms. The highest BCUT2D eigenvalue weighted by atomic mass is 79.9. The number of hydrogen-bond acceptors (Lipinski definition) is 0. The van der Waals surface area contributed by atoms with Crippen LogP contribution in [0.1, 0.15) is 59.1 Å². The second kappa shape index (κ2) is 6.06. The highest BCUT2D eigenvalue weighted by molar-refractivity contribution is 9.09. The van der Waals surface area contributed by atoms with Crippen molar-refractivity contribution < 1.29 is 0 Å². The van der Waals surface area contributed by atoms with Crippen LogP contribution in [0.15, 0.2) is 29.8 Å². The summed E-state index contributed by atoms with van der Waals surface area (Å²) in [6.07, 6.45) is 1.17. The molecule has 0 radical (unpaired) electrons. The Balaban J connectivity index is 3.08. The van der Waals surface area contributed by atoms with Crippen LogP contribution in [0.2, 0.25) is 0 Å². The van der Waals surface area contributed by atoms with E-state index in [0.717, 1.165) is 0 Å². The molecule has 18 heavy (non-hydrogen) atoms. The van der Waals surface area contributed by atoms with Crippen LogP contribution < -0.4 is 0 Å². The minimum absolute atomic E-state index is 0.272. The molecule has 0 aromatic heterocycles. The lowest BCUT2D eigenvalue weighted by Crippen LogP contribution is -2.15. The summed E-state index contributed by atoms with van der Waals surface area (Å²) in [6, 6.07) is 9.05. The molecule has 0 aliphatic heterocycles. The fourth-order valence-electron chi connectivity index (χ4n) is 1.90. The molecule has 1 aromatic rings. The fourth-order valence-corrected chi connectivity index (χ4v) is 2.24. The highest BCUT2D eigenvalue weighted by Crippen LogP contribution is 2.29. The fraction of sp³-hybridized carbons (Fsp3) is 0.529. The van der Waals surface area contributed by atoms with E-state index in [0.29, 0.717) is 4.83 Å². The Morgan fingerprint density at radius 3 is 2.06 bits per heavy atom. The molecule has 0 nitrogen and oxygen atoms in total. The molecule has 0 fully saturated rings. The molecule has 1 heteroatoms. The molecule has 1 aromatic carbocycles. The molecule has 1 rings (SSSR count). The van der Waals surface area contributed by atoms with Crippen molar-refractivity contribution in [2.24, 2.45) is 0 Å². The van der Waals surface area contributed by atoms with Crippen molar-refractivity contribution in [1.29, 1.82) is 0 Å². The maximum atomic E-state index is 3.64. The summed E-state index contributed by atoms with van der Waals surface area (Å²) >= 11 is 3.64. The molecule has 0 spiro atoms. The van der Waals surface area contributed by atoms with Gasteiger partial charge in [-0.25, -0.2) is 0 Å². The van der Waals surface area contributed by atoms with Gasteiger partial charge in [-0.15, -0.1) is 0 Å². The number of hydrogen-bond donors (Lipinski definition) is 0. The molecule has 0 saturated carbocycles. The zero-order valence-corrected chi connectivity index (χ0v) is 14.1. The van der Waals surface area contributed by atoms with Gasteiger partial charge in [0.1, 0.15) is 0 Å². The molecule has 1 atom stereocenters. The molecule has 0 amide bonds. The van der Waals surface area contributed by atoms with Gasteiger partial charge in [-0.05, 0) is 49.3 Å². The standard InChI is InChI=1S/C17H25Br/c1-7-17(5,6)16-10-8-15(9-11-16)13(3)12(2)14(4)18/h8-11,14H,7H2,1-6H3. The number of halogens is 1. The number of rotatable bonds is 4. The van der Waals surface area contributed by atoms with Gasteiger partial charge in [0.25, 0.3) is 0 Å². The Labute approximate surface area is 121 Å². The summed E-state index contributed by atoms with van der Waals surface area (Å²) in [5.41, 5.74) is 5.80. The molecular formula is C17H25Br. The van der Waals surface area contributed by atoms with E-state index in [2.05, 4.69) is 81.7 Å². The van der Waals surface area contributed by atoms with Crippen molar-refractivity contribution in [3.8, 4) is 0 Å². The molecule has 0 aliphatic rings. The normalized spacial score (nSPS) is 15.3. The van der Waals surface area contributed by atoms with Gasteiger partial charge in [-0.2, -0.15) is 0 Å². The van der Waals surface area contributed by atoms with E-state index in [1.807, 2.05) is 0 Å². The topological polar surface area (TPSA) is 0 Å². The van der Waals surface area contributed by atoms with Crippen molar-refractivity contribution in [2.75, 3.05) is 0 Å². The van der Waals surface area contributed by atoms with Gasteiger partial charge >= 0.3 is 0 Å². The molecule has 1 unspecified atom stereocenters. The second-order valence-electron chi connectivity index (χ2n) is 5.74. The maximum absolute atomic E-state index is 3.64. The van der Waals surface area contributed by atoms with E-state index in [-0.39, 0.29) is 5.41 Å². The molecule has 100 valence electrons. The third kappa shape index (κ3) is 3.47. The van der Waals surface area contributed by atoms with Crippen molar-refractivity contribution in [1.82, 2.24) is 0 Å². The zero-order valence-electron chi connectivity index (χ0n) is 12.5. The van der Waals surface area contributed by atoms with Crippen LogP contribution in [-0.2, 0) is 5.41 Å². The Hall–Kier alpha value is -0.560. The van der Waals surface area contributed by atoms with E-state index in [1.54, 1.807) is 0 Å². The van der Waals surface area contributed by atoms with Crippen molar-refractivity contribution in [3.63, 3.8) is 0 Å². The quantitative estimate of drug-likeness (QED) is 0.603. The SMILES string of the molecule is CCC(C)(C)c1ccc(C(C)=C(C)C(C)Br)cc1. The van der Waals surface area contributed by atoms with Crippen molar-refractivity contribution in [2.45, 2.75) is 58.2 Å². The van der Waals surface area contributed by atoms with Gasteiger partial charge in [0, 0.05) is 4.83 Å². The monoisotopic (exact) mass is 308 g/mol. The third-order valence-electron chi connectivity index (χ3n) is 4.17. The molecular weight excluding hydrogens is 284 g/mol. The predicted molar refractivity (Wildman–Crippen MR) is 86.4 cm³/mol. The summed E-state index contributed by atoms with van der Waals surface area (Å²) < 4.78 is 0. The first-order valence-corrected chi connectivity index (χ1v) is 7.63. The Morgan fingerprint density at radius 2 is 1.67 bits per heavy atom. The third-order valence-corrected chi connectivity index (χ3v) is 4.86. The maximum Gasteiger partial charge on any atom is 0.0329 e. The lowest BCUT2D eigenvalue weighted by atomic mass is 9.81. The Kier molecular flexibility index (Phi) is 5.21. The minimum atomic E-state index is 0.272. The molecule has 0 aliphatic carbocycles. The lowest BCUT2D eigenvalue weighted by Gasteiger charge is -2.23. The number of allylic oxidation sites excluding steroid dienone is 2. The Bertz CT molecular complexity index is 421. The Morgan fingerprint density at radius 1 is 1.17 bits per heavy atom. The average molecular weight is 309 g/mol. The number of benzene rings is 1. The zero-order chi connectivity index (χ0) is 13.9. The largest absolute Gasteiger partial charge is 0.0845 e. The van der Waals surface area contributed by atoms with Crippen LogP contribution in [0.5, 0.6) is 0 Å². The van der Waals surface area contributed by atoms with Gasteiger partial charge in [0.15, 0.2) is 0 Å². The molecule has 0 saturated heterocycles. The van der Waals surface area contributed by atoms with Crippen LogP contribution >= 0.6 is 15.9 Å². The minimum Gasteiger partial charge on any atom is -0.0845 e. The molecule has 0 heterocycles. The van der Waals surface area contributed by atoms with E-state index in [1.165, 1.54) is 28.7 Å². The first-order chi connectivity index (χ1) is 8.29. The van der Waals surface area contributed by atoms with E-state index >= 15 is 0 Å². The van der Waals surface area contributed by atoms with Crippen molar-refractivity contribution >= 4 is 21.5 Å².